The molecule has 4 heterocycles. The maximum atomic E-state index is 13.8. The lowest BCUT2D eigenvalue weighted by atomic mass is 9.82. The average Bonchev–Trinajstić information content (AvgIpc) is 3.47. The molecule has 0 saturated heterocycles. The van der Waals surface area contributed by atoms with Gasteiger partial charge in [0.25, 0.3) is 23.6 Å². The first-order valence-electron chi connectivity index (χ1n) is 25.1. The van der Waals surface area contributed by atoms with E-state index in [1.54, 1.807) is 97.1 Å². The fraction of sp³-hybridized carbons (Fsp3) is 0. The number of ether oxygens (including phenoxy) is 2. The van der Waals surface area contributed by atoms with Crippen LogP contribution in [0.25, 0.3) is 86.2 Å². The number of carbonyl (C=O) groups is 8. The Morgan fingerprint density at radius 3 is 0.684 bits per heavy atom. The molecule has 13 aromatic carbocycles. The molecular formula is C66H33N3O10. The van der Waals surface area contributed by atoms with Crippen LogP contribution in [0, 0.1) is 0 Å². The summed E-state index contributed by atoms with van der Waals surface area (Å²) < 4.78 is 9.74. The maximum Gasteiger partial charge on any atom is 0.346 e. The van der Waals surface area contributed by atoms with Gasteiger partial charge < -0.3 is 15.2 Å². The van der Waals surface area contributed by atoms with Crippen molar-refractivity contribution in [1.82, 2.24) is 0 Å². The number of hydrogen-bond donors (Lipinski definition) is 1. The lowest BCUT2D eigenvalue weighted by molar-refractivity contribution is 0.0373. The van der Waals surface area contributed by atoms with Gasteiger partial charge in [-0.1, -0.05) is 103 Å². The first-order chi connectivity index (χ1) is 38.5. The Kier molecular flexibility index (Phi) is 9.40. The molecule has 17 rings (SSSR count). The molecule has 13 heteroatoms. The molecule has 13 nitrogen and oxygen atoms in total. The summed E-state index contributed by atoms with van der Waals surface area (Å²) in [6.45, 7) is 0. The zero-order valence-electron chi connectivity index (χ0n) is 41.0. The molecule has 0 aliphatic carbocycles. The van der Waals surface area contributed by atoms with Gasteiger partial charge in [-0.05, 0) is 150 Å². The summed E-state index contributed by atoms with van der Waals surface area (Å²) >= 11 is 0. The molecule has 0 fully saturated rings. The van der Waals surface area contributed by atoms with Gasteiger partial charge >= 0.3 is 23.9 Å². The second-order valence-electron chi connectivity index (χ2n) is 19.6. The number of fused-ring (bicyclic) bond motifs is 4. The molecule has 2 N–H and O–H groups in total. The van der Waals surface area contributed by atoms with Gasteiger partial charge in [0.15, 0.2) is 0 Å². The SMILES string of the molecule is Nc1ccccc1.O=C1OC(=O)c2ccc3c4ccc5c6c(ccc(c7ccc1c2c73)c64)C(=O)OC5=O.O=C1c2ccc3c4ccc5c6c(ccc(c7ccc(c2c37)C(=O)N1c1ccccc1)c64)C(=O)N(c1ccccc1)C5=O. The van der Waals surface area contributed by atoms with Gasteiger partial charge in [-0.3, -0.25) is 19.2 Å². The Labute approximate surface area is 444 Å². The molecule has 0 saturated carbocycles. The van der Waals surface area contributed by atoms with Crippen LogP contribution in [-0.4, -0.2) is 47.5 Å². The van der Waals surface area contributed by atoms with Gasteiger partial charge in [-0.2, -0.15) is 0 Å². The smallest absolute Gasteiger partial charge is 0.346 e. The van der Waals surface area contributed by atoms with E-state index in [4.69, 9.17) is 15.2 Å². The van der Waals surface area contributed by atoms with E-state index in [9.17, 15) is 38.4 Å². The van der Waals surface area contributed by atoms with E-state index in [1.165, 1.54) is 9.80 Å². The molecular weight excluding hydrogens is 995 g/mol. The largest absolute Gasteiger partial charge is 0.399 e. The van der Waals surface area contributed by atoms with E-state index in [2.05, 4.69) is 0 Å². The van der Waals surface area contributed by atoms with Crippen LogP contribution in [0.3, 0.4) is 0 Å². The standard InChI is InChI=1S/C36H18N2O4.C24H8O6.C6H7N/c39-33-25-15-11-21-23-13-17-27-32-28(36(42)38(35(27)41)20-9-5-2-6-10-20)18-14-24(30(23)32)22-12-16-26(31(25)29(21)22)34(40)37(33)19-7-3-1-4-8-19;25-21-13-5-1-9-10-2-6-15-20-16(24(28)30-23(15)27)8-4-12(18(10)20)11-3-7-14(22(26)29-21)19(13)17(9)11;7-6-4-2-1-3-5-6/h1-18H;1-8H;1-5H,7H2. The Hall–Kier alpha value is -11.2. The molecule has 0 bridgehead atoms. The van der Waals surface area contributed by atoms with Gasteiger partial charge in [-0.15, -0.1) is 0 Å². The maximum absolute atomic E-state index is 13.8. The molecule has 79 heavy (non-hydrogen) atoms. The van der Waals surface area contributed by atoms with E-state index in [0.717, 1.165) is 70.3 Å². The Morgan fingerprint density at radius 2 is 0.456 bits per heavy atom. The summed E-state index contributed by atoms with van der Waals surface area (Å²) in [4.78, 5) is 107. The number of anilines is 3. The third-order valence-corrected chi connectivity index (χ3v) is 15.6. The van der Waals surface area contributed by atoms with Crippen molar-refractivity contribution in [2.75, 3.05) is 15.5 Å². The quantitative estimate of drug-likeness (QED) is 0.0433. The van der Waals surface area contributed by atoms with Crippen molar-refractivity contribution in [1.29, 1.82) is 0 Å². The zero-order chi connectivity index (χ0) is 53.7. The second kappa shape index (κ2) is 16.4. The minimum absolute atomic E-state index is 0.345. The highest BCUT2D eigenvalue weighted by molar-refractivity contribution is 6.46. The third-order valence-electron chi connectivity index (χ3n) is 15.6. The lowest BCUT2D eigenvalue weighted by Crippen LogP contribution is -2.40. The highest BCUT2D eigenvalue weighted by atomic mass is 16.6. The Morgan fingerprint density at radius 1 is 0.241 bits per heavy atom. The first kappa shape index (κ1) is 45.2. The van der Waals surface area contributed by atoms with Crippen LogP contribution in [0.1, 0.15) is 82.9 Å². The number of nitrogens with two attached hydrogens (primary N) is 1. The molecule has 372 valence electrons. The Bertz CT molecular complexity index is 4490. The van der Waals surface area contributed by atoms with Crippen LogP contribution in [0.2, 0.25) is 0 Å². The predicted octanol–water partition coefficient (Wildman–Crippen LogP) is 13.0. The molecule has 0 unspecified atom stereocenters. The molecule has 4 amide bonds. The fourth-order valence-corrected chi connectivity index (χ4v) is 12.3. The van der Waals surface area contributed by atoms with Gasteiger partial charge in [-0.25, -0.2) is 29.0 Å². The molecule has 0 atom stereocenters. The van der Waals surface area contributed by atoms with Crippen LogP contribution in [0.4, 0.5) is 17.1 Å². The van der Waals surface area contributed by atoms with Crippen molar-refractivity contribution in [3.8, 4) is 0 Å². The summed E-state index contributed by atoms with van der Waals surface area (Å²) in [5.41, 5.74) is 10.5. The number of esters is 4. The van der Waals surface area contributed by atoms with Crippen LogP contribution in [0.15, 0.2) is 188 Å². The van der Waals surface area contributed by atoms with Crippen molar-refractivity contribution in [3.05, 3.63) is 233 Å². The lowest BCUT2D eigenvalue weighted by Gasteiger charge is -2.30. The predicted molar refractivity (Wildman–Crippen MR) is 301 cm³/mol. The van der Waals surface area contributed by atoms with Crippen LogP contribution >= 0.6 is 0 Å². The number of imide groups is 2. The zero-order valence-corrected chi connectivity index (χ0v) is 41.0. The van der Waals surface area contributed by atoms with E-state index >= 15 is 0 Å². The van der Waals surface area contributed by atoms with Crippen LogP contribution in [0.5, 0.6) is 0 Å². The topological polar surface area (TPSA) is 188 Å². The summed E-state index contributed by atoms with van der Waals surface area (Å²) in [6, 6.07) is 56.0. The number of para-hydroxylation sites is 3. The second-order valence-corrected chi connectivity index (χ2v) is 19.6. The van der Waals surface area contributed by atoms with Crippen molar-refractivity contribution < 1.29 is 47.8 Å². The Balaban J connectivity index is 0.000000127. The van der Waals surface area contributed by atoms with E-state index in [1.807, 2.05) is 91.0 Å². The molecule has 0 aromatic heterocycles. The molecule has 0 spiro atoms. The minimum atomic E-state index is -0.666. The van der Waals surface area contributed by atoms with E-state index in [0.29, 0.717) is 77.4 Å². The number of amides is 4. The third kappa shape index (κ3) is 6.20. The number of nitrogen functional groups attached to an aromatic ring is 1. The number of rotatable bonds is 2. The number of nitrogens with zero attached hydrogens (tertiary/aromatic N) is 2. The van der Waals surface area contributed by atoms with Gasteiger partial charge in [0.05, 0.1) is 33.6 Å². The monoisotopic (exact) mass is 1030 g/mol. The summed E-state index contributed by atoms with van der Waals surface area (Å²) in [6.07, 6.45) is 0. The van der Waals surface area contributed by atoms with E-state index in [-0.39, 0.29) is 23.6 Å². The van der Waals surface area contributed by atoms with Gasteiger partial charge in [0.2, 0.25) is 0 Å². The molecule has 13 aromatic rings. The number of benzene rings is 13. The summed E-state index contributed by atoms with van der Waals surface area (Å²) in [5, 5.41) is 12.4. The number of cyclic esters (lactones) is 4. The van der Waals surface area contributed by atoms with Crippen LogP contribution in [-0.2, 0) is 9.47 Å². The molecule has 4 aliphatic rings. The van der Waals surface area contributed by atoms with Crippen LogP contribution < -0.4 is 15.5 Å². The van der Waals surface area contributed by atoms with Crippen molar-refractivity contribution in [2.24, 2.45) is 0 Å². The molecule has 4 aliphatic heterocycles. The van der Waals surface area contributed by atoms with Gasteiger partial charge in [0, 0.05) is 49.5 Å². The summed E-state index contributed by atoms with van der Waals surface area (Å²) in [5.74, 6) is -4.13. The van der Waals surface area contributed by atoms with Gasteiger partial charge in [0.1, 0.15) is 0 Å². The first-order valence-corrected chi connectivity index (χ1v) is 25.1. The number of hydrogen-bond acceptors (Lipinski definition) is 11. The average molecular weight is 1030 g/mol. The van der Waals surface area contributed by atoms with E-state index < -0.39 is 23.9 Å². The fourth-order valence-electron chi connectivity index (χ4n) is 12.3. The molecule has 0 radical (unpaired) electrons. The number of carbonyl (C=O) groups excluding carboxylic acids is 8. The highest BCUT2D eigenvalue weighted by Gasteiger charge is 2.39. The summed E-state index contributed by atoms with van der Waals surface area (Å²) in [7, 11) is 0. The van der Waals surface area contributed by atoms with Crippen molar-refractivity contribution >= 4 is 151 Å². The van der Waals surface area contributed by atoms with Crippen molar-refractivity contribution in [2.45, 2.75) is 0 Å². The normalized spacial score (nSPS) is 14.5. The van der Waals surface area contributed by atoms with Crippen molar-refractivity contribution in [3.63, 3.8) is 0 Å². The highest BCUT2D eigenvalue weighted by Crippen LogP contribution is 2.49. The minimum Gasteiger partial charge on any atom is -0.399 e.